The number of nitrogens with one attached hydrogen (secondary N) is 1. The topological polar surface area (TPSA) is 119 Å². The minimum absolute atomic E-state index is 0.0172. The number of thioether (sulfide) groups is 1. The van der Waals surface area contributed by atoms with E-state index in [0.717, 1.165) is 32.3 Å². The zero-order valence-electron chi connectivity index (χ0n) is 19.5. The van der Waals surface area contributed by atoms with E-state index in [1.54, 1.807) is 48.5 Å². The number of ether oxygens (including phenoxy) is 1. The molecule has 37 heavy (non-hydrogen) atoms. The molecule has 3 aromatic rings. The molecule has 0 unspecified atom stereocenters. The van der Waals surface area contributed by atoms with Gasteiger partial charge in [-0.1, -0.05) is 34.1 Å². The average Bonchev–Trinajstić information content (AvgIpc) is 3.12. The van der Waals surface area contributed by atoms with Crippen LogP contribution in [0.15, 0.2) is 76.1 Å². The lowest BCUT2D eigenvalue weighted by molar-refractivity contribution is -0.384. The van der Waals surface area contributed by atoms with Crippen molar-refractivity contribution >= 4 is 62.2 Å². The van der Waals surface area contributed by atoms with Gasteiger partial charge in [0.25, 0.3) is 16.8 Å². The van der Waals surface area contributed by atoms with E-state index in [1.807, 2.05) is 19.1 Å². The highest BCUT2D eigenvalue weighted by Crippen LogP contribution is 2.35. The molecule has 1 heterocycles. The van der Waals surface area contributed by atoms with Crippen molar-refractivity contribution < 1.29 is 24.0 Å². The van der Waals surface area contributed by atoms with Crippen molar-refractivity contribution in [2.45, 2.75) is 13.5 Å². The summed E-state index contributed by atoms with van der Waals surface area (Å²) in [6.07, 6.45) is 1.54. The Morgan fingerprint density at radius 2 is 1.86 bits per heavy atom. The summed E-state index contributed by atoms with van der Waals surface area (Å²) in [7, 11) is 0. The van der Waals surface area contributed by atoms with Crippen LogP contribution in [0.5, 0.6) is 5.75 Å². The quantitative estimate of drug-likeness (QED) is 0.199. The van der Waals surface area contributed by atoms with Crippen molar-refractivity contribution in [2.24, 2.45) is 0 Å². The first-order valence-electron chi connectivity index (χ1n) is 11.0. The average molecular weight is 582 g/mol. The summed E-state index contributed by atoms with van der Waals surface area (Å²) < 4.78 is 6.64. The van der Waals surface area contributed by atoms with Crippen LogP contribution < -0.4 is 10.1 Å². The Morgan fingerprint density at radius 1 is 1.14 bits per heavy atom. The first kappa shape index (κ1) is 26.1. The molecule has 1 aliphatic heterocycles. The molecular formula is C26H20BrN3O6S. The van der Waals surface area contributed by atoms with Gasteiger partial charge in [-0.2, -0.15) is 0 Å². The SMILES string of the molecule is Cc1ccccc1NC(=O)CN1C(=O)S/C(=C\c2cc(Br)ccc2OCc2ccc([N+](=O)[O-])cc2)C1=O. The smallest absolute Gasteiger partial charge is 0.294 e. The minimum atomic E-state index is -0.573. The molecule has 1 N–H and O–H groups in total. The monoisotopic (exact) mass is 581 g/mol. The van der Waals surface area contributed by atoms with Gasteiger partial charge in [-0.25, -0.2) is 0 Å². The summed E-state index contributed by atoms with van der Waals surface area (Å²) in [4.78, 5) is 49.4. The number of hydrogen-bond acceptors (Lipinski definition) is 7. The molecule has 0 aliphatic carbocycles. The molecule has 0 bridgehead atoms. The van der Waals surface area contributed by atoms with Crippen molar-refractivity contribution in [1.29, 1.82) is 0 Å². The maximum absolute atomic E-state index is 13.0. The van der Waals surface area contributed by atoms with Crippen LogP contribution in [0.2, 0.25) is 0 Å². The number of benzene rings is 3. The molecular weight excluding hydrogens is 562 g/mol. The van der Waals surface area contributed by atoms with Crippen LogP contribution in [0, 0.1) is 17.0 Å². The fourth-order valence-corrected chi connectivity index (χ4v) is 4.67. The standard InChI is InChI=1S/C26H20BrN3O6S/c1-16-4-2-3-5-21(16)28-24(31)14-29-25(32)23(37-26(29)33)13-18-12-19(27)8-11-22(18)36-15-17-6-9-20(10-7-17)30(34)35/h2-13H,14-15H2,1H3,(H,28,31)/b23-13-. The number of rotatable bonds is 8. The molecule has 0 saturated carbocycles. The van der Waals surface area contributed by atoms with E-state index < -0.39 is 28.5 Å². The van der Waals surface area contributed by atoms with Crippen LogP contribution in [0.3, 0.4) is 0 Å². The summed E-state index contributed by atoms with van der Waals surface area (Å²) in [5.41, 5.74) is 2.72. The fourth-order valence-electron chi connectivity index (χ4n) is 3.46. The number of amides is 3. The van der Waals surface area contributed by atoms with Gasteiger partial charge in [-0.05, 0) is 72.3 Å². The number of carbonyl (C=O) groups excluding carboxylic acids is 3. The Morgan fingerprint density at radius 3 is 2.57 bits per heavy atom. The van der Waals surface area contributed by atoms with Crippen LogP contribution in [-0.2, 0) is 16.2 Å². The molecule has 188 valence electrons. The van der Waals surface area contributed by atoms with Crippen LogP contribution in [0.25, 0.3) is 6.08 Å². The van der Waals surface area contributed by atoms with Crippen LogP contribution in [0.1, 0.15) is 16.7 Å². The molecule has 9 nitrogen and oxygen atoms in total. The lowest BCUT2D eigenvalue weighted by Crippen LogP contribution is -2.36. The zero-order valence-corrected chi connectivity index (χ0v) is 21.9. The number of non-ortho nitro benzene ring substituents is 1. The van der Waals surface area contributed by atoms with Crippen LogP contribution in [0.4, 0.5) is 16.2 Å². The fraction of sp³-hybridized carbons (Fsp3) is 0.115. The number of nitro groups is 1. The Hall–Kier alpha value is -3.96. The van der Waals surface area contributed by atoms with Crippen molar-refractivity contribution in [2.75, 3.05) is 11.9 Å². The zero-order chi connectivity index (χ0) is 26.5. The largest absolute Gasteiger partial charge is 0.488 e. The molecule has 0 spiro atoms. The number of carbonyl (C=O) groups is 3. The van der Waals surface area contributed by atoms with Gasteiger partial charge in [-0.15, -0.1) is 0 Å². The highest BCUT2D eigenvalue weighted by molar-refractivity contribution is 9.10. The van der Waals surface area contributed by atoms with Gasteiger partial charge in [0.05, 0.1) is 9.83 Å². The Kier molecular flexibility index (Phi) is 8.04. The molecule has 3 aromatic carbocycles. The number of anilines is 1. The second-order valence-corrected chi connectivity index (χ2v) is 9.93. The van der Waals surface area contributed by atoms with Crippen molar-refractivity contribution in [3.8, 4) is 5.75 Å². The maximum atomic E-state index is 13.0. The predicted octanol–water partition coefficient (Wildman–Crippen LogP) is 5.92. The van der Waals surface area contributed by atoms with E-state index in [4.69, 9.17) is 4.74 Å². The number of para-hydroxylation sites is 1. The number of nitro benzene ring substituents is 1. The third-order valence-corrected chi connectivity index (χ3v) is 6.80. The van der Waals surface area contributed by atoms with Gasteiger partial charge in [-0.3, -0.25) is 29.4 Å². The summed E-state index contributed by atoms with van der Waals surface area (Å²) in [5.74, 6) is -0.602. The van der Waals surface area contributed by atoms with E-state index >= 15 is 0 Å². The maximum Gasteiger partial charge on any atom is 0.294 e. The number of nitrogens with zero attached hydrogens (tertiary/aromatic N) is 2. The van der Waals surface area contributed by atoms with Gasteiger partial charge in [0.1, 0.15) is 18.9 Å². The normalized spacial score (nSPS) is 14.2. The lowest BCUT2D eigenvalue weighted by Gasteiger charge is -2.13. The van der Waals surface area contributed by atoms with Crippen molar-refractivity contribution in [1.82, 2.24) is 4.90 Å². The molecule has 4 rings (SSSR count). The van der Waals surface area contributed by atoms with Gasteiger partial charge in [0.15, 0.2) is 0 Å². The van der Waals surface area contributed by atoms with Crippen LogP contribution in [-0.4, -0.2) is 33.4 Å². The summed E-state index contributed by atoms with van der Waals surface area (Å²) in [5, 5.41) is 13.0. The number of imide groups is 1. The summed E-state index contributed by atoms with van der Waals surface area (Å²) in [6, 6.07) is 18.4. The van der Waals surface area contributed by atoms with E-state index in [2.05, 4.69) is 21.2 Å². The molecule has 1 saturated heterocycles. The minimum Gasteiger partial charge on any atom is -0.488 e. The molecule has 1 fully saturated rings. The van der Waals surface area contributed by atoms with Gasteiger partial charge >= 0.3 is 0 Å². The summed E-state index contributed by atoms with van der Waals surface area (Å²) >= 11 is 4.15. The van der Waals surface area contributed by atoms with Crippen molar-refractivity contribution in [3.05, 3.63) is 103 Å². The van der Waals surface area contributed by atoms with Crippen LogP contribution >= 0.6 is 27.7 Å². The van der Waals surface area contributed by atoms with Crippen molar-refractivity contribution in [3.63, 3.8) is 0 Å². The third-order valence-electron chi connectivity index (χ3n) is 5.39. The molecule has 0 aromatic heterocycles. The number of halogens is 1. The van der Waals surface area contributed by atoms with E-state index in [1.165, 1.54) is 12.1 Å². The second kappa shape index (κ2) is 11.4. The van der Waals surface area contributed by atoms with Gasteiger partial charge in [0.2, 0.25) is 5.91 Å². The molecule has 11 heteroatoms. The van der Waals surface area contributed by atoms with Gasteiger partial charge in [0, 0.05) is 27.9 Å². The number of hydrogen-bond donors (Lipinski definition) is 1. The Balaban J connectivity index is 1.47. The van der Waals surface area contributed by atoms with E-state index in [-0.39, 0.29) is 17.2 Å². The van der Waals surface area contributed by atoms with E-state index in [9.17, 15) is 24.5 Å². The molecule has 1 aliphatic rings. The highest BCUT2D eigenvalue weighted by Gasteiger charge is 2.36. The first-order valence-corrected chi connectivity index (χ1v) is 12.6. The van der Waals surface area contributed by atoms with Gasteiger partial charge < -0.3 is 10.1 Å². The Labute approximate surface area is 224 Å². The molecule has 0 radical (unpaired) electrons. The third kappa shape index (κ3) is 6.43. The predicted molar refractivity (Wildman–Crippen MR) is 144 cm³/mol. The second-order valence-electron chi connectivity index (χ2n) is 8.03. The van der Waals surface area contributed by atoms with E-state index in [0.29, 0.717) is 17.0 Å². The lowest BCUT2D eigenvalue weighted by atomic mass is 10.1. The summed E-state index contributed by atoms with van der Waals surface area (Å²) in [6.45, 7) is 1.58. The number of aryl methyl sites for hydroxylation is 1. The highest BCUT2D eigenvalue weighted by atomic mass is 79.9. The molecule has 3 amide bonds. The first-order chi connectivity index (χ1) is 17.7. The Bertz CT molecular complexity index is 1420. The molecule has 0 atom stereocenters.